The van der Waals surface area contributed by atoms with Crippen LogP contribution in [0.4, 0.5) is 4.39 Å². The first-order valence-electron chi connectivity index (χ1n) is 5.91. The molecule has 0 radical (unpaired) electrons. The zero-order chi connectivity index (χ0) is 15.8. The molecular formula is C14H12BrClFNO2S. The fraction of sp³-hybridized carbons (Fsp3) is 0.143. The first-order valence-corrected chi connectivity index (χ1v) is 8.97. The summed E-state index contributed by atoms with van der Waals surface area (Å²) in [7, 11) is -3.35. The summed E-state index contributed by atoms with van der Waals surface area (Å²) >= 11 is 8.98. The molecule has 0 heterocycles. The van der Waals surface area contributed by atoms with Gasteiger partial charge in [0.25, 0.3) is 0 Å². The number of rotatable bonds is 3. The summed E-state index contributed by atoms with van der Waals surface area (Å²) in [6, 6.07) is 8.44. The maximum Gasteiger partial charge on any atom is 0.175 e. The molecule has 0 saturated carbocycles. The third-order valence-corrected chi connectivity index (χ3v) is 5.41. The molecule has 1 atom stereocenters. The summed E-state index contributed by atoms with van der Waals surface area (Å²) in [6.07, 6.45) is 1.11. The van der Waals surface area contributed by atoms with Crippen molar-refractivity contribution in [2.45, 2.75) is 10.9 Å². The van der Waals surface area contributed by atoms with Crippen molar-refractivity contribution in [3.05, 3.63) is 62.8 Å². The molecule has 0 bridgehead atoms. The topological polar surface area (TPSA) is 60.2 Å². The summed E-state index contributed by atoms with van der Waals surface area (Å²) in [4.78, 5) is 0.138. The van der Waals surface area contributed by atoms with E-state index < -0.39 is 21.7 Å². The lowest BCUT2D eigenvalue weighted by molar-refractivity contribution is 0.598. The molecule has 0 aliphatic carbocycles. The van der Waals surface area contributed by atoms with Gasteiger partial charge in [-0.2, -0.15) is 0 Å². The number of hydrogen-bond donors (Lipinski definition) is 1. The highest BCUT2D eigenvalue weighted by Crippen LogP contribution is 2.32. The van der Waals surface area contributed by atoms with Gasteiger partial charge in [0.15, 0.2) is 9.84 Å². The molecule has 2 rings (SSSR count). The van der Waals surface area contributed by atoms with Crippen LogP contribution in [0, 0.1) is 5.82 Å². The van der Waals surface area contributed by atoms with Crippen LogP contribution >= 0.6 is 27.5 Å². The van der Waals surface area contributed by atoms with E-state index in [1.807, 2.05) is 0 Å². The lowest BCUT2D eigenvalue weighted by atomic mass is 9.99. The second-order valence-electron chi connectivity index (χ2n) is 4.59. The van der Waals surface area contributed by atoms with Gasteiger partial charge in [-0.25, -0.2) is 12.8 Å². The largest absolute Gasteiger partial charge is 0.320 e. The minimum Gasteiger partial charge on any atom is -0.320 e. The summed E-state index contributed by atoms with van der Waals surface area (Å²) in [5.74, 6) is -0.622. The molecule has 0 saturated heterocycles. The Bertz CT molecular complexity index is 796. The van der Waals surface area contributed by atoms with Crippen LogP contribution in [0.1, 0.15) is 17.2 Å². The Morgan fingerprint density at radius 3 is 2.57 bits per heavy atom. The quantitative estimate of drug-likeness (QED) is 0.810. The Kier molecular flexibility index (Phi) is 4.72. The second-order valence-corrected chi connectivity index (χ2v) is 7.83. The van der Waals surface area contributed by atoms with Crippen molar-refractivity contribution < 1.29 is 12.8 Å². The summed E-state index contributed by atoms with van der Waals surface area (Å²) in [5.41, 5.74) is 6.74. The molecule has 112 valence electrons. The fourth-order valence-electron chi connectivity index (χ4n) is 1.90. The van der Waals surface area contributed by atoms with Gasteiger partial charge in [-0.15, -0.1) is 0 Å². The van der Waals surface area contributed by atoms with Crippen molar-refractivity contribution in [1.29, 1.82) is 0 Å². The Balaban J connectivity index is 2.51. The monoisotopic (exact) mass is 391 g/mol. The third-order valence-electron chi connectivity index (χ3n) is 3.05. The lowest BCUT2D eigenvalue weighted by Crippen LogP contribution is -2.14. The number of sulfone groups is 1. The van der Waals surface area contributed by atoms with Crippen molar-refractivity contribution >= 4 is 37.4 Å². The Morgan fingerprint density at radius 1 is 1.29 bits per heavy atom. The van der Waals surface area contributed by atoms with Crippen LogP contribution < -0.4 is 5.73 Å². The number of nitrogens with two attached hydrogens (primary N) is 1. The standard InChI is InChI=1S/C14H12BrClFNO2S/c1-21(19,20)9-4-2-3-8(7-9)14(18)10-5-6-11(15)12(16)13(10)17/h2-7,14H,18H2,1H3. The van der Waals surface area contributed by atoms with Gasteiger partial charge in [0, 0.05) is 16.3 Å². The highest BCUT2D eigenvalue weighted by molar-refractivity contribution is 9.10. The van der Waals surface area contributed by atoms with E-state index in [2.05, 4.69) is 15.9 Å². The van der Waals surface area contributed by atoms with E-state index in [0.29, 0.717) is 10.0 Å². The van der Waals surface area contributed by atoms with E-state index in [9.17, 15) is 12.8 Å². The molecule has 0 aliphatic rings. The third kappa shape index (κ3) is 3.45. The Hall–Kier alpha value is -0.950. The van der Waals surface area contributed by atoms with Crippen LogP contribution in [-0.4, -0.2) is 14.7 Å². The minimum absolute atomic E-state index is 0.0535. The molecule has 3 nitrogen and oxygen atoms in total. The molecule has 0 fully saturated rings. The molecule has 0 spiro atoms. The van der Waals surface area contributed by atoms with Crippen LogP contribution in [0.3, 0.4) is 0 Å². The number of hydrogen-bond acceptors (Lipinski definition) is 3. The molecule has 0 aliphatic heterocycles. The molecule has 7 heteroatoms. The average Bonchev–Trinajstić information content (AvgIpc) is 2.43. The summed E-state index contributed by atoms with van der Waals surface area (Å²) in [5, 5.41) is -0.0535. The normalized spacial score (nSPS) is 13.2. The molecule has 0 amide bonds. The SMILES string of the molecule is CS(=O)(=O)c1cccc(C(N)c2ccc(Br)c(Cl)c2F)c1. The van der Waals surface area contributed by atoms with Crippen LogP contribution in [0.15, 0.2) is 45.8 Å². The molecule has 0 aromatic heterocycles. The van der Waals surface area contributed by atoms with E-state index in [0.717, 1.165) is 6.26 Å². The van der Waals surface area contributed by atoms with Crippen molar-refractivity contribution in [1.82, 2.24) is 0 Å². The van der Waals surface area contributed by atoms with E-state index in [1.165, 1.54) is 18.2 Å². The molecule has 2 N–H and O–H groups in total. The molecule has 2 aromatic rings. The molecule has 1 unspecified atom stereocenters. The van der Waals surface area contributed by atoms with Crippen LogP contribution in [0.2, 0.25) is 5.02 Å². The molecule has 21 heavy (non-hydrogen) atoms. The van der Waals surface area contributed by atoms with Crippen LogP contribution in [-0.2, 0) is 9.84 Å². The predicted octanol–water partition coefficient (Wildman–Crippen LogP) is 3.69. The first kappa shape index (κ1) is 16.4. The minimum atomic E-state index is -3.35. The second kappa shape index (κ2) is 6.04. The number of benzene rings is 2. The summed E-state index contributed by atoms with van der Waals surface area (Å²) < 4.78 is 37.7. The average molecular weight is 393 g/mol. The maximum atomic E-state index is 14.2. The van der Waals surface area contributed by atoms with Gasteiger partial charge in [0.1, 0.15) is 5.82 Å². The van der Waals surface area contributed by atoms with Crippen LogP contribution in [0.25, 0.3) is 0 Å². The Labute approximate surface area is 136 Å². The smallest absolute Gasteiger partial charge is 0.175 e. The lowest BCUT2D eigenvalue weighted by Gasteiger charge is -2.15. The van der Waals surface area contributed by atoms with E-state index in [-0.39, 0.29) is 15.5 Å². The zero-order valence-electron chi connectivity index (χ0n) is 11.0. The zero-order valence-corrected chi connectivity index (χ0v) is 14.1. The predicted molar refractivity (Wildman–Crippen MR) is 84.7 cm³/mol. The van der Waals surface area contributed by atoms with Gasteiger partial charge >= 0.3 is 0 Å². The molecule has 2 aromatic carbocycles. The van der Waals surface area contributed by atoms with Gasteiger partial charge < -0.3 is 5.73 Å². The van der Waals surface area contributed by atoms with Crippen molar-refractivity contribution in [3.63, 3.8) is 0 Å². The highest BCUT2D eigenvalue weighted by atomic mass is 79.9. The van der Waals surface area contributed by atoms with Crippen molar-refractivity contribution in [3.8, 4) is 0 Å². The van der Waals surface area contributed by atoms with Crippen LogP contribution in [0.5, 0.6) is 0 Å². The summed E-state index contributed by atoms with van der Waals surface area (Å²) in [6.45, 7) is 0. The number of halogens is 3. The van der Waals surface area contributed by atoms with Gasteiger partial charge in [0.05, 0.1) is 16.0 Å². The molecular weight excluding hydrogens is 381 g/mol. The van der Waals surface area contributed by atoms with Gasteiger partial charge in [-0.05, 0) is 39.7 Å². The van der Waals surface area contributed by atoms with Gasteiger partial charge in [-0.3, -0.25) is 0 Å². The van der Waals surface area contributed by atoms with Crippen molar-refractivity contribution in [2.75, 3.05) is 6.26 Å². The highest BCUT2D eigenvalue weighted by Gasteiger charge is 2.19. The first-order chi connectivity index (χ1) is 9.71. The van der Waals surface area contributed by atoms with Gasteiger partial charge in [0.2, 0.25) is 0 Å². The van der Waals surface area contributed by atoms with E-state index >= 15 is 0 Å². The van der Waals surface area contributed by atoms with E-state index in [4.69, 9.17) is 17.3 Å². The van der Waals surface area contributed by atoms with Crippen molar-refractivity contribution in [2.24, 2.45) is 5.73 Å². The fourth-order valence-corrected chi connectivity index (χ4v) is 3.05. The van der Waals surface area contributed by atoms with Gasteiger partial charge in [-0.1, -0.05) is 29.8 Å². The van der Waals surface area contributed by atoms with E-state index in [1.54, 1.807) is 18.2 Å². The Morgan fingerprint density at radius 2 is 1.95 bits per heavy atom. The maximum absolute atomic E-state index is 14.2.